The van der Waals surface area contributed by atoms with Crippen molar-refractivity contribution in [2.24, 2.45) is 0 Å². The number of carboxylic acids is 1. The van der Waals surface area contributed by atoms with Crippen molar-refractivity contribution < 1.29 is 9.90 Å². The lowest BCUT2D eigenvalue weighted by Crippen LogP contribution is -2.22. The van der Waals surface area contributed by atoms with Gasteiger partial charge in [0.1, 0.15) is 0 Å². The number of aliphatic carboxylic acids is 1. The molecule has 1 aromatic rings. The van der Waals surface area contributed by atoms with Crippen molar-refractivity contribution in [2.45, 2.75) is 26.8 Å². The number of hydrogen-bond donors (Lipinski definition) is 2. The maximum absolute atomic E-state index is 10.4. The zero-order valence-electron chi connectivity index (χ0n) is 11.1. The summed E-state index contributed by atoms with van der Waals surface area (Å²) in [6.07, 6.45) is 0.140. The lowest BCUT2D eigenvalue weighted by molar-refractivity contribution is -0.136. The van der Waals surface area contributed by atoms with Gasteiger partial charge in [0.2, 0.25) is 0 Å². The van der Waals surface area contributed by atoms with Crippen molar-refractivity contribution in [3.05, 3.63) is 29.8 Å². The van der Waals surface area contributed by atoms with E-state index < -0.39 is 5.97 Å². The van der Waals surface area contributed by atoms with Gasteiger partial charge in [0.25, 0.3) is 0 Å². The van der Waals surface area contributed by atoms with E-state index in [9.17, 15) is 4.79 Å². The highest BCUT2D eigenvalue weighted by molar-refractivity contribution is 5.67. The molecule has 0 saturated heterocycles. The van der Waals surface area contributed by atoms with Crippen LogP contribution in [0.4, 0.5) is 5.69 Å². The third-order valence-electron chi connectivity index (χ3n) is 2.92. The summed E-state index contributed by atoms with van der Waals surface area (Å²) >= 11 is 0. The second kappa shape index (κ2) is 7.71. The molecular weight excluding hydrogens is 228 g/mol. The van der Waals surface area contributed by atoms with Gasteiger partial charge in [-0.2, -0.15) is 0 Å². The molecule has 2 N–H and O–H groups in total. The molecule has 1 aromatic carbocycles. The normalized spacial score (nSPS) is 10.6. The first-order chi connectivity index (χ1) is 8.65. The van der Waals surface area contributed by atoms with Gasteiger partial charge >= 0.3 is 5.97 Å². The van der Waals surface area contributed by atoms with Gasteiger partial charge in [-0.3, -0.25) is 9.69 Å². The Bertz CT molecular complexity index is 359. The molecule has 0 aromatic heterocycles. The first-order valence-corrected chi connectivity index (χ1v) is 6.42. The van der Waals surface area contributed by atoms with Crippen LogP contribution in [0.15, 0.2) is 24.3 Å². The number of nitrogens with zero attached hydrogens (tertiary/aromatic N) is 1. The van der Waals surface area contributed by atoms with Gasteiger partial charge < -0.3 is 10.4 Å². The molecule has 0 spiro atoms. The van der Waals surface area contributed by atoms with E-state index in [1.165, 1.54) is 5.56 Å². The van der Waals surface area contributed by atoms with E-state index in [-0.39, 0.29) is 6.42 Å². The lowest BCUT2D eigenvalue weighted by Gasteiger charge is -2.18. The van der Waals surface area contributed by atoms with Crippen LogP contribution in [-0.2, 0) is 11.3 Å². The van der Waals surface area contributed by atoms with Crippen LogP contribution >= 0.6 is 0 Å². The summed E-state index contributed by atoms with van der Waals surface area (Å²) < 4.78 is 0. The molecule has 4 nitrogen and oxygen atoms in total. The van der Waals surface area contributed by atoms with Gasteiger partial charge in [0, 0.05) is 18.8 Å². The van der Waals surface area contributed by atoms with E-state index in [4.69, 9.17) is 5.11 Å². The number of nitrogens with one attached hydrogen (secondary N) is 1. The van der Waals surface area contributed by atoms with Crippen LogP contribution in [0.25, 0.3) is 0 Å². The second-order valence-corrected chi connectivity index (χ2v) is 4.23. The van der Waals surface area contributed by atoms with E-state index in [2.05, 4.69) is 36.2 Å². The highest BCUT2D eigenvalue weighted by atomic mass is 16.4. The number of anilines is 1. The molecule has 0 radical (unpaired) electrons. The summed E-state index contributed by atoms with van der Waals surface area (Å²) in [7, 11) is 0. The smallest absolute Gasteiger partial charge is 0.305 e. The number of benzene rings is 1. The lowest BCUT2D eigenvalue weighted by atomic mass is 10.2. The SMILES string of the molecule is CCN(CC)Cc1ccc(NCCC(=O)O)cc1. The molecule has 0 fully saturated rings. The molecule has 18 heavy (non-hydrogen) atoms. The highest BCUT2D eigenvalue weighted by Gasteiger charge is 2.01. The van der Waals surface area contributed by atoms with Crippen molar-refractivity contribution in [1.29, 1.82) is 0 Å². The number of carboxylic acid groups (broad SMARTS) is 1. The number of rotatable bonds is 8. The average molecular weight is 250 g/mol. The van der Waals surface area contributed by atoms with Crippen LogP contribution in [0, 0.1) is 0 Å². The van der Waals surface area contributed by atoms with Gasteiger partial charge in [-0.05, 0) is 30.8 Å². The van der Waals surface area contributed by atoms with Gasteiger partial charge in [0.15, 0.2) is 0 Å². The third kappa shape index (κ3) is 5.19. The fraction of sp³-hybridized carbons (Fsp3) is 0.500. The van der Waals surface area contributed by atoms with Crippen molar-refractivity contribution >= 4 is 11.7 Å². The molecule has 1 rings (SSSR count). The number of carbonyl (C=O) groups is 1. The second-order valence-electron chi connectivity index (χ2n) is 4.23. The predicted octanol–water partition coefficient (Wildman–Crippen LogP) is 2.42. The standard InChI is InChI=1S/C14H22N2O2/c1-3-16(4-2)11-12-5-7-13(8-6-12)15-10-9-14(17)18/h5-8,15H,3-4,9-11H2,1-2H3,(H,17,18). The van der Waals surface area contributed by atoms with E-state index in [0.29, 0.717) is 6.54 Å². The third-order valence-corrected chi connectivity index (χ3v) is 2.92. The molecule has 4 heteroatoms. The summed E-state index contributed by atoms with van der Waals surface area (Å²) in [5.41, 5.74) is 2.25. The van der Waals surface area contributed by atoms with Crippen LogP contribution in [0.1, 0.15) is 25.8 Å². The van der Waals surface area contributed by atoms with Crippen LogP contribution in [0.2, 0.25) is 0 Å². The molecule has 0 unspecified atom stereocenters. The fourth-order valence-corrected chi connectivity index (χ4v) is 1.75. The maximum atomic E-state index is 10.4. The van der Waals surface area contributed by atoms with Crippen LogP contribution < -0.4 is 5.32 Å². The van der Waals surface area contributed by atoms with Crippen molar-refractivity contribution in [1.82, 2.24) is 4.90 Å². The van der Waals surface area contributed by atoms with Crippen LogP contribution in [-0.4, -0.2) is 35.6 Å². The Morgan fingerprint density at radius 2 is 1.83 bits per heavy atom. The molecule has 100 valence electrons. The molecule has 0 aliphatic rings. The molecular formula is C14H22N2O2. The molecule has 0 aliphatic carbocycles. The molecule has 0 saturated carbocycles. The molecule has 0 heterocycles. The fourth-order valence-electron chi connectivity index (χ4n) is 1.75. The van der Waals surface area contributed by atoms with Crippen molar-refractivity contribution in [2.75, 3.05) is 25.0 Å². The minimum absolute atomic E-state index is 0.140. The van der Waals surface area contributed by atoms with E-state index in [1.54, 1.807) is 0 Å². The molecule has 0 aliphatic heterocycles. The summed E-state index contributed by atoms with van der Waals surface area (Å²) in [6, 6.07) is 8.17. The first-order valence-electron chi connectivity index (χ1n) is 6.42. The minimum atomic E-state index is -0.777. The Balaban J connectivity index is 2.44. The quantitative estimate of drug-likeness (QED) is 0.744. The zero-order chi connectivity index (χ0) is 13.4. The largest absolute Gasteiger partial charge is 0.481 e. The summed E-state index contributed by atoms with van der Waals surface area (Å²) in [5, 5.41) is 11.6. The highest BCUT2D eigenvalue weighted by Crippen LogP contribution is 2.11. The zero-order valence-corrected chi connectivity index (χ0v) is 11.1. The topological polar surface area (TPSA) is 52.6 Å². The average Bonchev–Trinajstić information content (AvgIpc) is 2.37. The summed E-state index contributed by atoms with van der Waals surface area (Å²) in [6.45, 7) is 7.84. The van der Waals surface area contributed by atoms with Crippen LogP contribution in [0.3, 0.4) is 0 Å². The predicted molar refractivity (Wildman–Crippen MR) is 73.8 cm³/mol. The monoisotopic (exact) mass is 250 g/mol. The molecule has 0 bridgehead atoms. The number of hydrogen-bond acceptors (Lipinski definition) is 3. The van der Waals surface area contributed by atoms with E-state index >= 15 is 0 Å². The summed E-state index contributed by atoms with van der Waals surface area (Å²) in [4.78, 5) is 12.7. The molecule has 0 atom stereocenters. The van der Waals surface area contributed by atoms with Gasteiger partial charge in [-0.1, -0.05) is 26.0 Å². The Kier molecular flexibility index (Phi) is 6.22. The Morgan fingerprint density at radius 3 is 2.33 bits per heavy atom. The Labute approximate surface area is 109 Å². The first kappa shape index (κ1) is 14.5. The van der Waals surface area contributed by atoms with Gasteiger partial charge in [-0.25, -0.2) is 0 Å². The van der Waals surface area contributed by atoms with Gasteiger partial charge in [-0.15, -0.1) is 0 Å². The Morgan fingerprint density at radius 1 is 1.22 bits per heavy atom. The molecule has 0 amide bonds. The van der Waals surface area contributed by atoms with E-state index in [1.807, 2.05) is 12.1 Å². The Hall–Kier alpha value is -1.55. The van der Waals surface area contributed by atoms with Crippen molar-refractivity contribution in [3.63, 3.8) is 0 Å². The minimum Gasteiger partial charge on any atom is -0.481 e. The summed E-state index contributed by atoms with van der Waals surface area (Å²) in [5.74, 6) is -0.777. The van der Waals surface area contributed by atoms with Crippen LogP contribution in [0.5, 0.6) is 0 Å². The van der Waals surface area contributed by atoms with Crippen molar-refractivity contribution in [3.8, 4) is 0 Å². The maximum Gasteiger partial charge on any atom is 0.305 e. The van der Waals surface area contributed by atoms with Gasteiger partial charge in [0.05, 0.1) is 6.42 Å². The van der Waals surface area contributed by atoms with E-state index in [0.717, 1.165) is 25.3 Å².